The van der Waals surface area contributed by atoms with Crippen molar-refractivity contribution in [2.75, 3.05) is 65.7 Å². The first-order valence-corrected chi connectivity index (χ1v) is 16.5. The van der Waals surface area contributed by atoms with Crippen LogP contribution in [0.1, 0.15) is 5.56 Å². The van der Waals surface area contributed by atoms with Gasteiger partial charge in [-0.05, 0) is 24.6 Å². The summed E-state index contributed by atoms with van der Waals surface area (Å²) in [7, 11) is -4.52. The van der Waals surface area contributed by atoms with Crippen LogP contribution in [0.3, 0.4) is 0 Å². The Morgan fingerprint density at radius 2 is 1.10 bits per heavy atom. The fourth-order valence-electron chi connectivity index (χ4n) is 4.35. The monoisotopic (exact) mass is 933 g/mol. The van der Waals surface area contributed by atoms with E-state index in [1.165, 1.54) is 21.9 Å². The zero-order valence-electron chi connectivity index (χ0n) is 32.1. The van der Waals surface area contributed by atoms with Gasteiger partial charge in [-0.2, -0.15) is 8.42 Å². The molecule has 304 valence electrons. The number of ether oxygens (including phenoxy) is 2. The summed E-state index contributed by atoms with van der Waals surface area (Å²) in [5.41, 5.74) is 1.11. The molecule has 0 unspecified atom stereocenters. The van der Waals surface area contributed by atoms with Gasteiger partial charge in [0.1, 0.15) is 27.8 Å². The molecule has 3 aromatic rings. The summed E-state index contributed by atoms with van der Waals surface area (Å²) in [6.07, 6.45) is 0. The second-order valence-corrected chi connectivity index (χ2v) is 12.1. The van der Waals surface area contributed by atoms with Crippen molar-refractivity contribution in [1.29, 1.82) is 5.26 Å². The van der Waals surface area contributed by atoms with Crippen molar-refractivity contribution in [2.45, 2.75) is 11.8 Å². The van der Waals surface area contributed by atoms with Crippen LogP contribution in [0, 0.1) is 18.8 Å². The molecule has 0 fully saturated rings. The minimum absolute atomic E-state index is 0. The second-order valence-electron chi connectivity index (χ2n) is 10.7. The Labute approximate surface area is 467 Å². The number of azo groups is 1. The van der Waals surface area contributed by atoms with Crippen LogP contribution < -0.4 is 167 Å². The maximum atomic E-state index is 11.5. The van der Waals surface area contributed by atoms with E-state index in [0.29, 0.717) is 5.39 Å². The Morgan fingerprint density at radius 3 is 1.50 bits per heavy atom. The number of phenolic OH excluding ortho intramolecular Hbond substituents is 2. The van der Waals surface area contributed by atoms with Crippen molar-refractivity contribution in [3.8, 4) is 11.5 Å². The number of carboxylic acids is 4. The van der Waals surface area contributed by atoms with Crippen LogP contribution in [0.4, 0.5) is 11.4 Å². The predicted molar refractivity (Wildman–Crippen MR) is 184 cm³/mol. The van der Waals surface area contributed by atoms with E-state index in [0.717, 1.165) is 11.6 Å². The van der Waals surface area contributed by atoms with Crippen LogP contribution in [-0.4, -0.2) is 148 Å². The molecule has 0 aliphatic carbocycles. The zero-order valence-corrected chi connectivity index (χ0v) is 43.0. The molecule has 0 heterocycles. The Hall–Kier alpha value is -0.601. The molecule has 0 spiro atoms. The molecule has 3 aromatic carbocycles. The van der Waals surface area contributed by atoms with E-state index in [9.17, 15) is 42.4 Å². The smallest absolute Gasteiger partial charge is 1.00 e. The number of halogens is 1. The van der Waals surface area contributed by atoms with Gasteiger partial charge in [-0.25, -0.2) is 0 Å². The van der Waals surface area contributed by atoms with Crippen molar-refractivity contribution in [2.24, 2.45) is 10.2 Å². The number of hydrogen-bond donors (Lipinski definition) is 7. The van der Waals surface area contributed by atoms with Gasteiger partial charge >= 0.3 is 178 Å². The van der Waals surface area contributed by atoms with Crippen molar-refractivity contribution in [3.63, 3.8) is 0 Å². The van der Waals surface area contributed by atoms with Crippen LogP contribution in [0.15, 0.2) is 63.7 Å². The molecule has 0 atom stereocenters. The number of aryl methyl sites for hydroxylation is 1. The first-order valence-electron chi connectivity index (χ1n) is 15.1. The molecule has 0 saturated heterocycles. The third-order valence-electron chi connectivity index (χ3n) is 6.54. The largest absolute Gasteiger partial charge is 1.00 e. The van der Waals surface area contributed by atoms with Crippen molar-refractivity contribution < 1.29 is 244 Å². The Bertz CT molecular complexity index is 1820. The van der Waals surface area contributed by atoms with Gasteiger partial charge in [0.05, 0.1) is 52.6 Å². The summed E-state index contributed by atoms with van der Waals surface area (Å²) in [4.78, 5) is 44.5. The number of aromatic hydroxyl groups is 2. The van der Waals surface area contributed by atoms with Crippen molar-refractivity contribution in [1.82, 2.24) is 9.80 Å². The van der Waals surface area contributed by atoms with Gasteiger partial charge in [-0.15, -0.1) is 10.2 Å². The summed E-state index contributed by atoms with van der Waals surface area (Å²) in [6, 6.07) is 12.0. The standard InChI is InChI=1S/C17H14N2O5S.C14H24N2O10.CN.ClH.3K.H2O/c1-10-6-7-14(20)13(8-10)18-19-17-12-5-3-2-4-11(12)16(9-15(17)21)25(22,23)24;17-11(18)7-15(8-12(19)20)1-3-25-5-6-26-4-2-16(9-13(21)22)10-14(23)24;1-2;;;;;/h2-9,20-21H,1H3,(H,22,23,24);1-10H2,(H,17,18)(H,19,20)(H,21,22)(H,23,24);;1H;;;;1H2/q;;-1;;3*+1;/p-2/b19-18+;;;;;;;. The molecule has 0 amide bonds. The molecule has 3 rings (SSSR count). The first-order chi connectivity index (χ1) is 25.0. The number of nitrogens with zero attached hydrogens (tertiary/aromatic N) is 5. The van der Waals surface area contributed by atoms with Gasteiger partial charge in [-0.3, -0.25) is 33.5 Å². The SMILES string of the molecule is Cc1ccc(O)c(/N=N/c2c(O)cc(S(=O)(=O)O)c3ccccc23)c1.O=C(O)CN(CCOCCOCCN(CC(=O)O)CC(=O)O)CC(=O)O.[C-]#N.[Cl-].[K+].[K+].[K+].[OH-]. The third kappa shape index (κ3) is 27.4. The molecule has 0 radical (unpaired) electrons. The number of fused-ring (bicyclic) bond motifs is 1. The van der Waals surface area contributed by atoms with E-state index in [1.54, 1.807) is 30.3 Å². The average Bonchev–Trinajstić information content (AvgIpc) is 3.06. The Morgan fingerprint density at radius 1 is 0.690 bits per heavy atom. The maximum Gasteiger partial charge on any atom is 1.00 e. The minimum atomic E-state index is -4.52. The van der Waals surface area contributed by atoms with Gasteiger partial charge in [0.25, 0.3) is 10.1 Å². The number of hydrogen-bond acceptors (Lipinski definition) is 16. The molecule has 0 aromatic heterocycles. The number of aliphatic carboxylic acids is 4. The third-order valence-corrected chi connectivity index (χ3v) is 7.43. The summed E-state index contributed by atoms with van der Waals surface area (Å²) < 4.78 is 42.8. The van der Waals surface area contributed by atoms with E-state index in [4.69, 9.17) is 41.7 Å². The van der Waals surface area contributed by atoms with Gasteiger partial charge < -0.3 is 69.8 Å². The number of carboxylic acid groups (broad SMARTS) is 4. The minimum Gasteiger partial charge on any atom is -1.00 e. The number of phenols is 2. The van der Waals surface area contributed by atoms with Crippen LogP contribution in [0.5, 0.6) is 11.5 Å². The molecule has 0 bridgehead atoms. The van der Waals surface area contributed by atoms with E-state index >= 15 is 0 Å². The Kier molecular flexibility index (Phi) is 41.2. The van der Waals surface area contributed by atoms with Crippen molar-refractivity contribution >= 4 is 56.1 Å². The normalized spacial score (nSPS) is 10.2. The quantitative estimate of drug-likeness (QED) is 0.0182. The molecule has 58 heavy (non-hydrogen) atoms. The number of rotatable bonds is 20. The van der Waals surface area contributed by atoms with E-state index in [2.05, 4.69) is 10.2 Å². The van der Waals surface area contributed by atoms with E-state index in [1.807, 2.05) is 6.92 Å². The van der Waals surface area contributed by atoms with Gasteiger partial charge in [0, 0.05) is 29.9 Å². The van der Waals surface area contributed by atoms with Crippen molar-refractivity contribution in [3.05, 3.63) is 60.7 Å². The fourth-order valence-corrected chi connectivity index (χ4v) is 5.07. The molecule has 0 aliphatic rings. The summed E-state index contributed by atoms with van der Waals surface area (Å²) in [5.74, 6) is -5.08. The molecule has 0 aliphatic heterocycles. The number of benzene rings is 3. The topological polar surface area (TPSA) is 347 Å². The van der Waals surface area contributed by atoms with Crippen LogP contribution in [-0.2, 0) is 38.8 Å². The van der Waals surface area contributed by atoms with Crippen LogP contribution >= 0.6 is 0 Å². The zero-order chi connectivity index (χ0) is 40.1. The van der Waals surface area contributed by atoms with Crippen LogP contribution in [0.2, 0.25) is 0 Å². The van der Waals surface area contributed by atoms with E-state index < -0.39 is 70.8 Å². The molecular formula is C32H39ClK3N5O16S. The van der Waals surface area contributed by atoms with E-state index in [-0.39, 0.29) is 234 Å². The second kappa shape index (κ2) is 35.9. The molecule has 26 heteroatoms. The average molecular weight is 934 g/mol. The Balaban J connectivity index is -0.000000286. The number of carbonyl (C=O) groups is 4. The first kappa shape index (κ1) is 66.5. The van der Waals surface area contributed by atoms with Gasteiger partial charge in [0.2, 0.25) is 0 Å². The van der Waals surface area contributed by atoms with Gasteiger partial charge in [0.15, 0.2) is 0 Å². The van der Waals surface area contributed by atoms with Gasteiger partial charge in [-0.1, -0.05) is 30.3 Å². The maximum absolute atomic E-state index is 11.5. The summed E-state index contributed by atoms with van der Waals surface area (Å²) in [5, 5.41) is 69.3. The summed E-state index contributed by atoms with van der Waals surface area (Å²) in [6.45, 7) is 5.79. The molecule has 8 N–H and O–H groups in total. The molecule has 21 nitrogen and oxygen atoms in total. The fraction of sp³-hybridized carbons (Fsp3) is 0.344. The summed E-state index contributed by atoms with van der Waals surface area (Å²) >= 11 is 0. The van der Waals surface area contributed by atoms with Crippen LogP contribution in [0.25, 0.3) is 10.8 Å². The molecular weight excluding hydrogens is 895 g/mol. The predicted octanol–water partition coefficient (Wildman–Crippen LogP) is -9.88. The molecule has 0 saturated carbocycles.